The standard InChI is InChI=1S/C14H22IN3O2/c1-4-7-16-12-11(15)10(2)17-13(18-12)14(19-3)5-8-20-9-6-14/h4-9H2,1-3H3,(H,16,17,18). The Hall–Kier alpha value is -0.470. The van der Waals surface area contributed by atoms with Crippen molar-refractivity contribution in [3.05, 3.63) is 15.1 Å². The van der Waals surface area contributed by atoms with Crippen molar-refractivity contribution in [2.75, 3.05) is 32.2 Å². The van der Waals surface area contributed by atoms with Gasteiger partial charge in [-0.05, 0) is 35.9 Å². The van der Waals surface area contributed by atoms with Crippen LogP contribution in [0.15, 0.2) is 0 Å². The lowest BCUT2D eigenvalue weighted by atomic mass is 9.93. The summed E-state index contributed by atoms with van der Waals surface area (Å²) in [7, 11) is 1.74. The topological polar surface area (TPSA) is 56.3 Å². The monoisotopic (exact) mass is 391 g/mol. The van der Waals surface area contributed by atoms with E-state index in [0.29, 0.717) is 13.2 Å². The number of aromatic nitrogens is 2. The van der Waals surface area contributed by atoms with Crippen LogP contribution < -0.4 is 5.32 Å². The molecular weight excluding hydrogens is 369 g/mol. The summed E-state index contributed by atoms with van der Waals surface area (Å²) in [5, 5.41) is 3.38. The van der Waals surface area contributed by atoms with Crippen LogP contribution in [-0.2, 0) is 15.1 Å². The summed E-state index contributed by atoms with van der Waals surface area (Å²) in [4.78, 5) is 9.40. The first-order valence-corrected chi connectivity index (χ1v) is 8.12. The van der Waals surface area contributed by atoms with Gasteiger partial charge in [0.05, 0.1) is 9.26 Å². The Morgan fingerprint density at radius 1 is 1.35 bits per heavy atom. The van der Waals surface area contributed by atoms with Gasteiger partial charge < -0.3 is 14.8 Å². The van der Waals surface area contributed by atoms with Crippen molar-refractivity contribution >= 4 is 28.4 Å². The van der Waals surface area contributed by atoms with Crippen LogP contribution in [0.3, 0.4) is 0 Å². The summed E-state index contributed by atoms with van der Waals surface area (Å²) in [6.45, 7) is 6.46. The molecule has 1 aliphatic rings. The maximum atomic E-state index is 5.78. The molecule has 6 heteroatoms. The number of aryl methyl sites for hydroxylation is 1. The third-order valence-electron chi connectivity index (χ3n) is 3.66. The highest BCUT2D eigenvalue weighted by Gasteiger charge is 2.38. The fourth-order valence-electron chi connectivity index (χ4n) is 2.34. The van der Waals surface area contributed by atoms with E-state index in [1.54, 1.807) is 7.11 Å². The SMILES string of the molecule is CCCNc1nc(C2(OC)CCOCC2)nc(C)c1I. The predicted octanol–water partition coefficient (Wildman–Crippen LogP) is 2.86. The summed E-state index contributed by atoms with van der Waals surface area (Å²) < 4.78 is 12.3. The van der Waals surface area contributed by atoms with Gasteiger partial charge in [-0.15, -0.1) is 0 Å². The van der Waals surface area contributed by atoms with E-state index in [-0.39, 0.29) is 0 Å². The molecule has 0 bridgehead atoms. The first-order valence-electron chi connectivity index (χ1n) is 7.04. The highest BCUT2D eigenvalue weighted by molar-refractivity contribution is 14.1. The smallest absolute Gasteiger partial charge is 0.163 e. The first-order chi connectivity index (χ1) is 9.63. The minimum Gasteiger partial charge on any atom is -0.381 e. The predicted molar refractivity (Wildman–Crippen MR) is 87.0 cm³/mol. The summed E-state index contributed by atoms with van der Waals surface area (Å²) in [6.07, 6.45) is 2.67. The highest BCUT2D eigenvalue weighted by Crippen LogP contribution is 2.35. The number of nitrogens with zero attached hydrogens (tertiary/aromatic N) is 2. The Morgan fingerprint density at radius 3 is 2.65 bits per heavy atom. The number of rotatable bonds is 5. The quantitative estimate of drug-likeness (QED) is 0.783. The van der Waals surface area contributed by atoms with E-state index in [1.807, 2.05) is 6.92 Å². The van der Waals surface area contributed by atoms with E-state index in [2.05, 4.69) is 39.8 Å². The average molecular weight is 391 g/mol. The van der Waals surface area contributed by atoms with E-state index >= 15 is 0 Å². The molecule has 2 heterocycles. The molecule has 112 valence electrons. The molecule has 1 saturated heterocycles. The molecule has 0 aliphatic carbocycles. The second kappa shape index (κ2) is 7.00. The molecule has 2 rings (SSSR count). The number of halogens is 1. The summed E-state index contributed by atoms with van der Waals surface area (Å²) >= 11 is 2.30. The molecule has 0 amide bonds. The van der Waals surface area contributed by atoms with Crippen molar-refractivity contribution < 1.29 is 9.47 Å². The number of ether oxygens (including phenoxy) is 2. The zero-order chi connectivity index (χ0) is 14.6. The van der Waals surface area contributed by atoms with Gasteiger partial charge in [-0.25, -0.2) is 9.97 Å². The minimum absolute atomic E-state index is 0.407. The van der Waals surface area contributed by atoms with Gasteiger partial charge in [-0.3, -0.25) is 0 Å². The fourth-order valence-corrected chi connectivity index (χ4v) is 2.78. The molecule has 0 aromatic carbocycles. The maximum Gasteiger partial charge on any atom is 0.163 e. The molecule has 0 radical (unpaired) electrons. The number of methoxy groups -OCH3 is 1. The lowest BCUT2D eigenvalue weighted by Crippen LogP contribution is -2.37. The Balaban J connectivity index is 2.37. The number of nitrogens with one attached hydrogen (secondary N) is 1. The molecule has 0 saturated carbocycles. The van der Waals surface area contributed by atoms with E-state index in [1.165, 1.54) is 0 Å². The molecular formula is C14H22IN3O2. The van der Waals surface area contributed by atoms with E-state index < -0.39 is 5.60 Å². The third-order valence-corrected chi connectivity index (χ3v) is 4.95. The lowest BCUT2D eigenvalue weighted by Gasteiger charge is -2.34. The van der Waals surface area contributed by atoms with Crippen LogP contribution in [0.4, 0.5) is 5.82 Å². The van der Waals surface area contributed by atoms with Gasteiger partial charge in [-0.1, -0.05) is 6.92 Å². The maximum absolute atomic E-state index is 5.78. The van der Waals surface area contributed by atoms with Crippen LogP contribution in [0.5, 0.6) is 0 Å². The van der Waals surface area contributed by atoms with Crippen molar-refractivity contribution in [3.8, 4) is 0 Å². The second-order valence-electron chi connectivity index (χ2n) is 5.03. The molecule has 1 aromatic rings. The largest absolute Gasteiger partial charge is 0.381 e. The third kappa shape index (κ3) is 3.23. The average Bonchev–Trinajstić information content (AvgIpc) is 2.49. The van der Waals surface area contributed by atoms with Gasteiger partial charge in [0, 0.05) is 39.7 Å². The molecule has 0 unspecified atom stereocenters. The number of anilines is 1. The molecule has 1 N–H and O–H groups in total. The van der Waals surface area contributed by atoms with Crippen molar-refractivity contribution in [1.29, 1.82) is 0 Å². The number of hydrogen-bond acceptors (Lipinski definition) is 5. The molecule has 1 aliphatic heterocycles. The van der Waals surface area contributed by atoms with Gasteiger partial charge in [0.15, 0.2) is 5.82 Å². The Morgan fingerprint density at radius 2 is 2.05 bits per heavy atom. The van der Waals surface area contributed by atoms with Crippen LogP contribution in [0.2, 0.25) is 0 Å². The zero-order valence-corrected chi connectivity index (χ0v) is 14.5. The molecule has 0 spiro atoms. The molecule has 0 atom stereocenters. The molecule has 1 fully saturated rings. The van der Waals surface area contributed by atoms with Gasteiger partial charge in [0.1, 0.15) is 11.4 Å². The van der Waals surface area contributed by atoms with E-state index in [0.717, 1.165) is 46.7 Å². The van der Waals surface area contributed by atoms with Crippen molar-refractivity contribution in [2.45, 2.75) is 38.7 Å². The molecule has 5 nitrogen and oxygen atoms in total. The van der Waals surface area contributed by atoms with Crippen LogP contribution >= 0.6 is 22.6 Å². The van der Waals surface area contributed by atoms with Crippen LogP contribution in [0.1, 0.15) is 37.7 Å². The van der Waals surface area contributed by atoms with Gasteiger partial charge in [-0.2, -0.15) is 0 Å². The van der Waals surface area contributed by atoms with Crippen LogP contribution in [-0.4, -0.2) is 36.8 Å². The lowest BCUT2D eigenvalue weighted by molar-refractivity contribution is -0.1000. The van der Waals surface area contributed by atoms with Crippen molar-refractivity contribution in [2.24, 2.45) is 0 Å². The van der Waals surface area contributed by atoms with Gasteiger partial charge in [0.2, 0.25) is 0 Å². The van der Waals surface area contributed by atoms with Crippen molar-refractivity contribution in [3.63, 3.8) is 0 Å². The van der Waals surface area contributed by atoms with Gasteiger partial charge in [0.25, 0.3) is 0 Å². The van der Waals surface area contributed by atoms with E-state index in [4.69, 9.17) is 14.5 Å². The second-order valence-corrected chi connectivity index (χ2v) is 6.11. The molecule has 1 aromatic heterocycles. The molecule has 20 heavy (non-hydrogen) atoms. The Kier molecular flexibility index (Phi) is 5.57. The van der Waals surface area contributed by atoms with Crippen molar-refractivity contribution in [1.82, 2.24) is 9.97 Å². The van der Waals surface area contributed by atoms with Gasteiger partial charge >= 0.3 is 0 Å². The fraction of sp³-hybridized carbons (Fsp3) is 0.714. The highest BCUT2D eigenvalue weighted by atomic mass is 127. The Bertz CT molecular complexity index is 462. The number of hydrogen-bond donors (Lipinski definition) is 1. The van der Waals surface area contributed by atoms with Crippen LogP contribution in [0.25, 0.3) is 0 Å². The minimum atomic E-state index is -0.407. The summed E-state index contributed by atoms with van der Waals surface area (Å²) in [5.74, 6) is 1.69. The Labute approximate surface area is 134 Å². The summed E-state index contributed by atoms with van der Waals surface area (Å²) in [5.41, 5.74) is 0.591. The summed E-state index contributed by atoms with van der Waals surface area (Å²) in [6, 6.07) is 0. The first kappa shape index (κ1) is 15.9. The van der Waals surface area contributed by atoms with Crippen LogP contribution in [0, 0.1) is 10.5 Å². The normalized spacial score (nSPS) is 18.0. The van der Waals surface area contributed by atoms with E-state index in [9.17, 15) is 0 Å². The zero-order valence-electron chi connectivity index (χ0n) is 12.3.